The third kappa shape index (κ3) is 3.73. The van der Waals surface area contributed by atoms with Gasteiger partial charge in [0, 0.05) is 0 Å². The number of aromatic hydroxyl groups is 1. The molecule has 0 fully saturated rings. The van der Waals surface area contributed by atoms with Crippen molar-refractivity contribution in [3.63, 3.8) is 0 Å². The maximum absolute atomic E-state index is 12.1. The Kier molecular flexibility index (Phi) is 4.13. The van der Waals surface area contributed by atoms with Crippen LogP contribution >= 0.6 is 0 Å². The maximum Gasteiger partial charge on any atom is 0.307 e. The molecule has 0 aliphatic rings. The lowest BCUT2D eigenvalue weighted by Crippen LogP contribution is -2.13. The number of hydrogen-bond donors (Lipinski definition) is 3. The van der Waals surface area contributed by atoms with E-state index >= 15 is 0 Å². The Balaban J connectivity index is 2.33. The molecule has 0 heterocycles. The molecule has 0 unspecified atom stereocenters. The third-order valence-corrected chi connectivity index (χ3v) is 4.10. The van der Waals surface area contributed by atoms with Crippen molar-refractivity contribution in [1.29, 1.82) is 0 Å². The Labute approximate surface area is 121 Å². The molecule has 0 aliphatic heterocycles. The van der Waals surface area contributed by atoms with E-state index in [2.05, 4.69) is 4.72 Å². The van der Waals surface area contributed by atoms with Gasteiger partial charge in [-0.25, -0.2) is 8.42 Å². The van der Waals surface area contributed by atoms with Gasteiger partial charge in [-0.1, -0.05) is 24.3 Å². The number of anilines is 1. The number of rotatable bonds is 5. The number of carboxylic acids is 1. The number of phenols is 1. The second-order valence-corrected chi connectivity index (χ2v) is 6.02. The number of hydrogen-bond acceptors (Lipinski definition) is 4. The summed E-state index contributed by atoms with van der Waals surface area (Å²) in [6.45, 7) is 0. The molecule has 0 radical (unpaired) electrons. The first-order chi connectivity index (χ1) is 9.88. The Hall–Kier alpha value is -2.54. The Morgan fingerprint density at radius 3 is 2.38 bits per heavy atom. The van der Waals surface area contributed by atoms with Gasteiger partial charge in [-0.15, -0.1) is 0 Å². The molecule has 6 nitrogen and oxygen atoms in total. The van der Waals surface area contributed by atoms with Crippen molar-refractivity contribution in [2.24, 2.45) is 0 Å². The molecule has 2 rings (SSSR count). The van der Waals surface area contributed by atoms with Crippen molar-refractivity contribution in [2.45, 2.75) is 11.3 Å². The Bertz CT molecular complexity index is 756. The van der Waals surface area contributed by atoms with Crippen molar-refractivity contribution in [2.75, 3.05) is 4.72 Å². The van der Waals surface area contributed by atoms with E-state index in [0.717, 1.165) is 0 Å². The zero-order chi connectivity index (χ0) is 15.5. The highest BCUT2D eigenvalue weighted by molar-refractivity contribution is 7.92. The summed E-state index contributed by atoms with van der Waals surface area (Å²) in [5, 5.41) is 18.4. The molecular weight excluding hydrogens is 294 g/mol. The first-order valence-electron chi connectivity index (χ1n) is 6.00. The quantitative estimate of drug-likeness (QED) is 0.731. The van der Waals surface area contributed by atoms with E-state index in [-0.39, 0.29) is 22.8 Å². The van der Waals surface area contributed by atoms with Crippen molar-refractivity contribution in [3.8, 4) is 5.75 Å². The van der Waals surface area contributed by atoms with Crippen LogP contribution in [0, 0.1) is 0 Å². The lowest BCUT2D eigenvalue weighted by Gasteiger charge is -2.10. The van der Waals surface area contributed by atoms with Crippen molar-refractivity contribution >= 4 is 21.7 Å². The molecule has 0 bridgehead atoms. The monoisotopic (exact) mass is 307 g/mol. The van der Waals surface area contributed by atoms with Gasteiger partial charge in [0.2, 0.25) is 0 Å². The molecule has 0 saturated carbocycles. The predicted octanol–water partition coefficient (Wildman–Crippen LogP) is 1.82. The number of phenolic OH excluding ortho intramolecular Hbond substituents is 1. The second kappa shape index (κ2) is 5.84. The topological polar surface area (TPSA) is 104 Å². The van der Waals surface area contributed by atoms with Crippen LogP contribution in [0.2, 0.25) is 0 Å². The van der Waals surface area contributed by atoms with E-state index < -0.39 is 16.0 Å². The van der Waals surface area contributed by atoms with E-state index in [1.165, 1.54) is 30.3 Å². The van der Waals surface area contributed by atoms with Crippen LogP contribution in [-0.4, -0.2) is 24.6 Å². The van der Waals surface area contributed by atoms with E-state index in [1.807, 2.05) is 0 Å². The predicted molar refractivity (Wildman–Crippen MR) is 76.7 cm³/mol. The summed E-state index contributed by atoms with van der Waals surface area (Å²) in [7, 11) is -3.84. The van der Waals surface area contributed by atoms with Gasteiger partial charge in [0.1, 0.15) is 5.75 Å². The van der Waals surface area contributed by atoms with Crippen LogP contribution in [-0.2, 0) is 21.2 Å². The summed E-state index contributed by atoms with van der Waals surface area (Å²) in [6.07, 6.45) is -0.264. The van der Waals surface area contributed by atoms with Gasteiger partial charge in [-0.05, 0) is 29.8 Å². The molecule has 0 spiro atoms. The van der Waals surface area contributed by atoms with Gasteiger partial charge in [-0.3, -0.25) is 9.52 Å². The molecule has 110 valence electrons. The fourth-order valence-corrected chi connectivity index (χ4v) is 2.84. The number of carbonyl (C=O) groups is 1. The molecule has 2 aromatic carbocycles. The minimum atomic E-state index is -3.84. The van der Waals surface area contributed by atoms with E-state index in [0.29, 0.717) is 5.56 Å². The fraction of sp³-hybridized carbons (Fsp3) is 0.0714. The van der Waals surface area contributed by atoms with E-state index in [4.69, 9.17) is 5.11 Å². The standard InChI is InChI=1S/C14H13NO5S/c16-13-7-6-10(9-14(17)18)8-12(13)15-21(19,20)11-4-2-1-3-5-11/h1-8,15-16H,9H2,(H,17,18). The number of benzene rings is 2. The zero-order valence-electron chi connectivity index (χ0n) is 10.9. The molecule has 21 heavy (non-hydrogen) atoms. The molecular formula is C14H13NO5S. The number of sulfonamides is 1. The van der Waals surface area contributed by atoms with Gasteiger partial charge in [0.05, 0.1) is 17.0 Å². The molecule has 3 N–H and O–H groups in total. The first-order valence-corrected chi connectivity index (χ1v) is 7.48. The third-order valence-electron chi connectivity index (χ3n) is 2.71. The first kappa shape index (κ1) is 14.9. The summed E-state index contributed by atoms with van der Waals surface area (Å²) >= 11 is 0. The van der Waals surface area contributed by atoms with Crippen molar-refractivity contribution < 1.29 is 23.4 Å². The zero-order valence-corrected chi connectivity index (χ0v) is 11.7. The van der Waals surface area contributed by atoms with Crippen LogP contribution < -0.4 is 4.72 Å². The van der Waals surface area contributed by atoms with Gasteiger partial charge in [0.25, 0.3) is 10.0 Å². The largest absolute Gasteiger partial charge is 0.506 e. The van der Waals surface area contributed by atoms with Crippen LogP contribution in [0.1, 0.15) is 5.56 Å². The van der Waals surface area contributed by atoms with Crippen LogP contribution in [0.25, 0.3) is 0 Å². The minimum absolute atomic E-state index is 0.0491. The van der Waals surface area contributed by atoms with Gasteiger partial charge in [0.15, 0.2) is 0 Å². The van der Waals surface area contributed by atoms with Gasteiger partial charge in [-0.2, -0.15) is 0 Å². The average molecular weight is 307 g/mol. The summed E-state index contributed by atoms with van der Waals surface area (Å²) in [5.74, 6) is -1.32. The van der Waals surface area contributed by atoms with Crippen molar-refractivity contribution in [1.82, 2.24) is 0 Å². The Morgan fingerprint density at radius 1 is 1.10 bits per heavy atom. The molecule has 0 atom stereocenters. The maximum atomic E-state index is 12.1. The molecule has 0 saturated heterocycles. The smallest absolute Gasteiger partial charge is 0.307 e. The van der Waals surface area contributed by atoms with Crippen LogP contribution in [0.5, 0.6) is 5.75 Å². The normalized spacial score (nSPS) is 11.0. The van der Waals surface area contributed by atoms with Gasteiger partial charge >= 0.3 is 5.97 Å². The van der Waals surface area contributed by atoms with Crippen LogP contribution in [0.4, 0.5) is 5.69 Å². The Morgan fingerprint density at radius 2 is 1.76 bits per heavy atom. The number of carboxylic acid groups (broad SMARTS) is 1. The van der Waals surface area contributed by atoms with Crippen LogP contribution in [0.3, 0.4) is 0 Å². The highest BCUT2D eigenvalue weighted by atomic mass is 32.2. The molecule has 0 amide bonds. The SMILES string of the molecule is O=C(O)Cc1ccc(O)c(NS(=O)(=O)c2ccccc2)c1. The summed E-state index contributed by atoms with van der Waals surface area (Å²) < 4.78 is 26.5. The molecule has 0 aliphatic carbocycles. The number of aliphatic carboxylic acids is 1. The second-order valence-electron chi connectivity index (χ2n) is 4.34. The summed E-state index contributed by atoms with van der Waals surface area (Å²) in [5.41, 5.74) is 0.323. The van der Waals surface area contributed by atoms with Crippen molar-refractivity contribution in [3.05, 3.63) is 54.1 Å². The summed E-state index contributed by atoms with van der Waals surface area (Å²) in [6, 6.07) is 11.6. The van der Waals surface area contributed by atoms with E-state index in [1.54, 1.807) is 18.2 Å². The molecule has 0 aromatic heterocycles. The highest BCUT2D eigenvalue weighted by Gasteiger charge is 2.16. The van der Waals surface area contributed by atoms with E-state index in [9.17, 15) is 18.3 Å². The summed E-state index contributed by atoms with van der Waals surface area (Å²) in [4.78, 5) is 10.7. The number of nitrogens with one attached hydrogen (secondary N) is 1. The lowest BCUT2D eigenvalue weighted by atomic mass is 10.1. The fourth-order valence-electron chi connectivity index (χ4n) is 1.75. The highest BCUT2D eigenvalue weighted by Crippen LogP contribution is 2.27. The molecule has 2 aromatic rings. The molecule has 7 heteroatoms. The average Bonchev–Trinajstić information content (AvgIpc) is 2.43. The van der Waals surface area contributed by atoms with Crippen LogP contribution in [0.15, 0.2) is 53.4 Å². The lowest BCUT2D eigenvalue weighted by molar-refractivity contribution is -0.136. The van der Waals surface area contributed by atoms with Gasteiger partial charge < -0.3 is 10.2 Å². The minimum Gasteiger partial charge on any atom is -0.506 e.